The molecule has 0 amide bonds. The molecule has 1 aromatic carbocycles. The Morgan fingerprint density at radius 1 is 1.21 bits per heavy atom. The Bertz CT molecular complexity index is 438. The van der Waals surface area contributed by atoms with Crippen LogP contribution >= 0.6 is 0 Å². The second kappa shape index (κ2) is 3.46. The molecule has 70 valence electrons. The van der Waals surface area contributed by atoms with E-state index < -0.39 is 0 Å². The predicted molar refractivity (Wildman–Crippen MR) is 56.6 cm³/mol. The summed E-state index contributed by atoms with van der Waals surface area (Å²) in [7, 11) is 0. The first-order valence-electron chi connectivity index (χ1n) is 4.40. The van der Waals surface area contributed by atoms with Gasteiger partial charge in [0.05, 0.1) is 11.9 Å². The molecule has 0 saturated carbocycles. The standard InChI is InChI=1S/C11H11N3/c1-8-2-3-9(6-10(8)12)11-7-13-4-5-14-11/h2-7H,12H2,1H3. The number of aromatic nitrogens is 2. The zero-order valence-electron chi connectivity index (χ0n) is 7.94. The Kier molecular flexibility index (Phi) is 2.14. The van der Waals surface area contributed by atoms with Crippen molar-refractivity contribution in [2.75, 3.05) is 5.73 Å². The summed E-state index contributed by atoms with van der Waals surface area (Å²) in [4.78, 5) is 8.21. The highest BCUT2D eigenvalue weighted by atomic mass is 14.8. The minimum atomic E-state index is 0.785. The van der Waals surface area contributed by atoms with Gasteiger partial charge in [-0.05, 0) is 18.6 Å². The number of rotatable bonds is 1. The maximum atomic E-state index is 5.81. The molecule has 0 aliphatic heterocycles. The fraction of sp³-hybridized carbons (Fsp3) is 0.0909. The normalized spacial score (nSPS) is 10.1. The molecule has 0 fully saturated rings. The van der Waals surface area contributed by atoms with E-state index in [-0.39, 0.29) is 0 Å². The van der Waals surface area contributed by atoms with Crippen molar-refractivity contribution in [2.24, 2.45) is 0 Å². The summed E-state index contributed by atoms with van der Waals surface area (Å²) in [5.74, 6) is 0. The molecule has 0 aliphatic rings. The minimum absolute atomic E-state index is 0.785. The minimum Gasteiger partial charge on any atom is -0.398 e. The smallest absolute Gasteiger partial charge is 0.0885 e. The first-order valence-corrected chi connectivity index (χ1v) is 4.40. The summed E-state index contributed by atoms with van der Waals surface area (Å²) < 4.78 is 0. The van der Waals surface area contributed by atoms with E-state index in [1.165, 1.54) is 0 Å². The highest BCUT2D eigenvalue weighted by Gasteiger charge is 2.00. The number of nitrogen functional groups attached to an aromatic ring is 1. The van der Waals surface area contributed by atoms with Gasteiger partial charge in [-0.3, -0.25) is 9.97 Å². The molecule has 0 spiro atoms. The van der Waals surface area contributed by atoms with Gasteiger partial charge in [-0.25, -0.2) is 0 Å². The summed E-state index contributed by atoms with van der Waals surface area (Å²) in [5.41, 5.74) is 9.52. The molecule has 14 heavy (non-hydrogen) atoms. The molecule has 0 atom stereocenters. The lowest BCUT2D eigenvalue weighted by Crippen LogP contribution is -1.91. The Morgan fingerprint density at radius 3 is 2.71 bits per heavy atom. The van der Waals surface area contributed by atoms with Gasteiger partial charge in [0.25, 0.3) is 0 Å². The average Bonchev–Trinajstić information content (AvgIpc) is 2.23. The van der Waals surface area contributed by atoms with Crippen LogP contribution in [0.4, 0.5) is 5.69 Å². The van der Waals surface area contributed by atoms with E-state index >= 15 is 0 Å². The number of anilines is 1. The van der Waals surface area contributed by atoms with Gasteiger partial charge in [-0.1, -0.05) is 12.1 Å². The van der Waals surface area contributed by atoms with Gasteiger partial charge in [0.2, 0.25) is 0 Å². The van der Waals surface area contributed by atoms with Crippen LogP contribution in [0.1, 0.15) is 5.56 Å². The predicted octanol–water partition coefficient (Wildman–Crippen LogP) is 2.03. The van der Waals surface area contributed by atoms with Gasteiger partial charge in [0, 0.05) is 23.6 Å². The van der Waals surface area contributed by atoms with Crippen LogP contribution in [0.15, 0.2) is 36.8 Å². The van der Waals surface area contributed by atoms with E-state index in [1.807, 2.05) is 25.1 Å². The lowest BCUT2D eigenvalue weighted by molar-refractivity contribution is 1.20. The highest BCUT2D eigenvalue weighted by Crippen LogP contribution is 2.20. The summed E-state index contributed by atoms with van der Waals surface area (Å²) in [6.07, 6.45) is 5.05. The molecule has 2 aromatic rings. The van der Waals surface area contributed by atoms with Crippen LogP contribution < -0.4 is 5.73 Å². The molecular formula is C11H11N3. The number of aryl methyl sites for hydroxylation is 1. The van der Waals surface area contributed by atoms with E-state index in [2.05, 4.69) is 9.97 Å². The lowest BCUT2D eigenvalue weighted by atomic mass is 10.1. The van der Waals surface area contributed by atoms with Gasteiger partial charge in [0.1, 0.15) is 0 Å². The van der Waals surface area contributed by atoms with Crippen molar-refractivity contribution < 1.29 is 0 Å². The van der Waals surface area contributed by atoms with Gasteiger partial charge < -0.3 is 5.73 Å². The van der Waals surface area contributed by atoms with Crippen molar-refractivity contribution in [1.29, 1.82) is 0 Å². The highest BCUT2D eigenvalue weighted by molar-refractivity contribution is 5.65. The maximum Gasteiger partial charge on any atom is 0.0885 e. The van der Waals surface area contributed by atoms with Crippen molar-refractivity contribution in [3.05, 3.63) is 42.4 Å². The van der Waals surface area contributed by atoms with Crippen molar-refractivity contribution in [1.82, 2.24) is 9.97 Å². The quantitative estimate of drug-likeness (QED) is 0.691. The summed E-state index contributed by atoms with van der Waals surface area (Å²) in [6, 6.07) is 5.90. The van der Waals surface area contributed by atoms with Crippen LogP contribution in [-0.4, -0.2) is 9.97 Å². The van der Waals surface area contributed by atoms with Gasteiger partial charge in [0.15, 0.2) is 0 Å². The molecule has 3 nitrogen and oxygen atoms in total. The number of benzene rings is 1. The van der Waals surface area contributed by atoms with Crippen LogP contribution in [0, 0.1) is 6.92 Å². The van der Waals surface area contributed by atoms with E-state index in [0.29, 0.717) is 0 Å². The number of nitrogens with zero attached hydrogens (tertiary/aromatic N) is 2. The van der Waals surface area contributed by atoms with Crippen LogP contribution in [0.5, 0.6) is 0 Å². The fourth-order valence-corrected chi connectivity index (χ4v) is 1.25. The second-order valence-electron chi connectivity index (χ2n) is 3.16. The lowest BCUT2D eigenvalue weighted by Gasteiger charge is -2.03. The molecular weight excluding hydrogens is 174 g/mol. The molecule has 1 aromatic heterocycles. The second-order valence-corrected chi connectivity index (χ2v) is 3.16. The first kappa shape index (κ1) is 8.69. The van der Waals surface area contributed by atoms with Gasteiger partial charge >= 0.3 is 0 Å². The molecule has 2 rings (SSSR count). The Balaban J connectivity index is 2.48. The average molecular weight is 185 g/mol. The van der Waals surface area contributed by atoms with Crippen molar-refractivity contribution in [3.63, 3.8) is 0 Å². The number of hydrogen-bond acceptors (Lipinski definition) is 3. The van der Waals surface area contributed by atoms with Crippen molar-refractivity contribution >= 4 is 5.69 Å². The van der Waals surface area contributed by atoms with Crippen LogP contribution in [0.3, 0.4) is 0 Å². The van der Waals surface area contributed by atoms with Crippen LogP contribution in [0.2, 0.25) is 0 Å². The monoisotopic (exact) mass is 185 g/mol. The van der Waals surface area contributed by atoms with Crippen molar-refractivity contribution in [2.45, 2.75) is 6.92 Å². The number of hydrogen-bond donors (Lipinski definition) is 1. The summed E-state index contributed by atoms with van der Waals surface area (Å²) in [6.45, 7) is 1.98. The summed E-state index contributed by atoms with van der Waals surface area (Å²) in [5, 5.41) is 0. The molecule has 0 bridgehead atoms. The third kappa shape index (κ3) is 1.57. The van der Waals surface area contributed by atoms with Crippen LogP contribution in [-0.2, 0) is 0 Å². The fourth-order valence-electron chi connectivity index (χ4n) is 1.25. The van der Waals surface area contributed by atoms with Gasteiger partial charge in [-0.2, -0.15) is 0 Å². The Labute approximate surface area is 82.6 Å². The molecule has 0 unspecified atom stereocenters. The first-order chi connectivity index (χ1) is 6.77. The SMILES string of the molecule is Cc1ccc(-c2cnccn2)cc1N. The van der Waals surface area contributed by atoms with E-state index in [0.717, 1.165) is 22.5 Å². The maximum absolute atomic E-state index is 5.81. The van der Waals surface area contributed by atoms with Crippen LogP contribution in [0.25, 0.3) is 11.3 Å². The third-order valence-electron chi connectivity index (χ3n) is 2.14. The third-order valence-corrected chi connectivity index (χ3v) is 2.14. The van der Waals surface area contributed by atoms with E-state index in [9.17, 15) is 0 Å². The Hall–Kier alpha value is -1.90. The topological polar surface area (TPSA) is 51.8 Å². The molecule has 3 heteroatoms. The molecule has 0 radical (unpaired) electrons. The zero-order chi connectivity index (χ0) is 9.97. The molecule has 1 heterocycles. The molecule has 2 N–H and O–H groups in total. The largest absolute Gasteiger partial charge is 0.398 e. The van der Waals surface area contributed by atoms with E-state index in [1.54, 1.807) is 18.6 Å². The Morgan fingerprint density at radius 2 is 2.07 bits per heavy atom. The van der Waals surface area contributed by atoms with Gasteiger partial charge in [-0.15, -0.1) is 0 Å². The molecule has 0 aliphatic carbocycles. The van der Waals surface area contributed by atoms with E-state index in [4.69, 9.17) is 5.73 Å². The zero-order valence-corrected chi connectivity index (χ0v) is 7.94. The molecule has 0 saturated heterocycles. The summed E-state index contributed by atoms with van der Waals surface area (Å²) >= 11 is 0. The number of nitrogens with two attached hydrogens (primary N) is 1. The van der Waals surface area contributed by atoms with Crippen molar-refractivity contribution in [3.8, 4) is 11.3 Å².